The molecule has 2 amide bonds. The van der Waals surface area contributed by atoms with Crippen molar-refractivity contribution in [2.45, 2.75) is 57.2 Å². The van der Waals surface area contributed by atoms with Gasteiger partial charge in [-0.25, -0.2) is 0 Å². The molecule has 8 nitrogen and oxygen atoms in total. The molecule has 0 radical (unpaired) electrons. The van der Waals surface area contributed by atoms with Gasteiger partial charge in [-0.1, -0.05) is 24.3 Å². The zero-order valence-corrected chi connectivity index (χ0v) is 16.6. The lowest BCUT2D eigenvalue weighted by Crippen LogP contribution is -2.46. The summed E-state index contributed by atoms with van der Waals surface area (Å²) in [5, 5.41) is 34.8. The van der Waals surface area contributed by atoms with Crippen molar-refractivity contribution in [3.8, 4) is 0 Å². The maximum absolute atomic E-state index is 12.6. The largest absolute Gasteiger partial charge is 0.392 e. The van der Waals surface area contributed by atoms with Crippen LogP contribution in [0.2, 0.25) is 0 Å². The molecule has 0 bridgehead atoms. The summed E-state index contributed by atoms with van der Waals surface area (Å²) in [5.74, 6) is -0.817. The third kappa shape index (κ3) is 6.32. The monoisotopic (exact) mass is 399 g/mol. The zero-order valence-electron chi connectivity index (χ0n) is 16.6. The lowest BCUT2D eigenvalue weighted by atomic mass is 10.0. The number of aliphatic hydroxyl groups is 1. The summed E-state index contributed by atoms with van der Waals surface area (Å²) in [5.41, 5.74) is 2.06. The molecule has 0 aromatic heterocycles. The molecule has 29 heavy (non-hydrogen) atoms. The molecule has 0 aliphatic carbocycles. The number of hydrogen-bond donors (Lipinski definition) is 5. The van der Waals surface area contributed by atoms with Crippen molar-refractivity contribution >= 4 is 30.0 Å². The minimum absolute atomic E-state index is 0.0807. The van der Waals surface area contributed by atoms with E-state index in [0.717, 1.165) is 17.5 Å². The number of amides is 2. The summed E-state index contributed by atoms with van der Waals surface area (Å²) < 4.78 is 0. The lowest BCUT2D eigenvalue weighted by Gasteiger charge is -2.25. The highest BCUT2D eigenvalue weighted by atomic mass is 16.3. The van der Waals surface area contributed by atoms with Crippen LogP contribution in [-0.2, 0) is 16.1 Å². The Hall–Kier alpha value is -2.87. The molecule has 2 atom stereocenters. The van der Waals surface area contributed by atoms with E-state index in [2.05, 4.69) is 5.32 Å². The van der Waals surface area contributed by atoms with Gasteiger partial charge in [-0.2, -0.15) is 0 Å². The molecule has 156 valence electrons. The fourth-order valence-corrected chi connectivity index (χ4v) is 3.49. The Balaban J connectivity index is 1.90. The average molecular weight is 399 g/mol. The Morgan fingerprint density at radius 1 is 1.24 bits per heavy atom. The molecule has 1 aliphatic rings. The fourth-order valence-electron chi connectivity index (χ4n) is 3.49. The number of rotatable bonds is 10. The Labute approximate surface area is 170 Å². The van der Waals surface area contributed by atoms with Crippen LogP contribution in [0.4, 0.5) is 0 Å². The molecule has 1 aliphatic heterocycles. The normalized spacial score (nSPS) is 18.0. The smallest absolute Gasteiger partial charge is 0.243 e. The molecule has 2 rings (SSSR count). The van der Waals surface area contributed by atoms with Crippen molar-refractivity contribution in [3.05, 3.63) is 35.4 Å². The molecule has 5 N–H and O–H groups in total. The van der Waals surface area contributed by atoms with Crippen LogP contribution in [0.1, 0.15) is 49.7 Å². The van der Waals surface area contributed by atoms with Gasteiger partial charge in [0.2, 0.25) is 11.8 Å². The van der Waals surface area contributed by atoms with E-state index in [9.17, 15) is 14.7 Å². The first kappa shape index (κ1) is 22.4. The van der Waals surface area contributed by atoms with Gasteiger partial charge < -0.3 is 31.6 Å². The first-order valence-corrected chi connectivity index (χ1v) is 9.75. The van der Waals surface area contributed by atoms with E-state index in [4.69, 9.17) is 16.2 Å². The molecule has 1 heterocycles. The van der Waals surface area contributed by atoms with Crippen LogP contribution in [0, 0.1) is 16.2 Å². The van der Waals surface area contributed by atoms with E-state index < -0.39 is 12.1 Å². The highest BCUT2D eigenvalue weighted by Crippen LogP contribution is 2.20. The van der Waals surface area contributed by atoms with Gasteiger partial charge >= 0.3 is 0 Å². The summed E-state index contributed by atoms with van der Waals surface area (Å²) >= 11 is 0. The van der Waals surface area contributed by atoms with E-state index in [-0.39, 0.29) is 30.6 Å². The van der Waals surface area contributed by atoms with Crippen molar-refractivity contribution in [1.82, 2.24) is 10.2 Å². The topological polar surface area (TPSA) is 141 Å². The summed E-state index contributed by atoms with van der Waals surface area (Å²) in [7, 11) is 0. The molecule has 2 unspecified atom stereocenters. The number of likely N-dealkylation sites (tertiary alicyclic amines) is 1. The quantitative estimate of drug-likeness (QED) is 0.383. The number of carbonyl (C=O) groups is 2. The Kier molecular flexibility index (Phi) is 8.21. The zero-order chi connectivity index (χ0) is 21.4. The second-order valence-corrected chi connectivity index (χ2v) is 7.41. The number of benzene rings is 1. The average Bonchev–Trinajstić information content (AvgIpc) is 3.17. The van der Waals surface area contributed by atoms with Gasteiger partial charge in [-0.3, -0.25) is 9.59 Å². The fraction of sp³-hybridized carbons (Fsp3) is 0.476. The van der Waals surface area contributed by atoms with Gasteiger partial charge in [0.05, 0.1) is 18.4 Å². The summed E-state index contributed by atoms with van der Waals surface area (Å²) in [6, 6.07) is 6.84. The first-order valence-electron chi connectivity index (χ1n) is 9.75. The van der Waals surface area contributed by atoms with E-state index in [1.165, 1.54) is 17.3 Å². The van der Waals surface area contributed by atoms with Gasteiger partial charge in [0.15, 0.2) is 0 Å². The third-order valence-corrected chi connectivity index (χ3v) is 5.02. The summed E-state index contributed by atoms with van der Waals surface area (Å²) in [4.78, 5) is 26.6. The van der Waals surface area contributed by atoms with Crippen molar-refractivity contribution in [2.75, 3.05) is 6.54 Å². The van der Waals surface area contributed by atoms with E-state index in [1.54, 1.807) is 6.92 Å². The highest BCUT2D eigenvalue weighted by Gasteiger charge is 2.34. The van der Waals surface area contributed by atoms with Crippen molar-refractivity contribution in [1.29, 1.82) is 16.2 Å². The van der Waals surface area contributed by atoms with Crippen LogP contribution in [0.3, 0.4) is 0 Å². The highest BCUT2D eigenvalue weighted by molar-refractivity contribution is 5.89. The number of hydrogen-bond acceptors (Lipinski definition) is 6. The third-order valence-electron chi connectivity index (χ3n) is 5.02. The summed E-state index contributed by atoms with van der Waals surface area (Å²) in [6.07, 6.45) is 2.93. The molecular weight excluding hydrogens is 370 g/mol. The minimum atomic E-state index is -0.895. The van der Waals surface area contributed by atoms with Gasteiger partial charge in [0.25, 0.3) is 0 Å². The molecule has 1 aromatic carbocycles. The molecule has 8 heteroatoms. The lowest BCUT2D eigenvalue weighted by molar-refractivity contribution is -0.139. The number of nitrogens with zero attached hydrogens (tertiary/aromatic N) is 1. The van der Waals surface area contributed by atoms with Gasteiger partial charge in [-0.05, 0) is 30.9 Å². The van der Waals surface area contributed by atoms with Crippen LogP contribution in [0.25, 0.3) is 0 Å². The van der Waals surface area contributed by atoms with E-state index >= 15 is 0 Å². The molecule has 0 saturated carbocycles. The van der Waals surface area contributed by atoms with Crippen molar-refractivity contribution < 1.29 is 14.7 Å². The predicted molar refractivity (Wildman–Crippen MR) is 112 cm³/mol. The van der Waals surface area contributed by atoms with Crippen LogP contribution in [-0.4, -0.2) is 58.7 Å². The molecule has 1 fully saturated rings. The maximum atomic E-state index is 12.6. The van der Waals surface area contributed by atoms with Crippen molar-refractivity contribution in [3.63, 3.8) is 0 Å². The Bertz CT molecular complexity index is 754. The molecule has 0 spiro atoms. The van der Waals surface area contributed by atoms with E-state index in [0.29, 0.717) is 25.2 Å². The molecule has 1 saturated heterocycles. The molecule has 1 aromatic rings. The number of aliphatic hydroxyl groups excluding tert-OH is 1. The summed E-state index contributed by atoms with van der Waals surface area (Å²) in [6.45, 7) is 2.41. The van der Waals surface area contributed by atoms with Crippen LogP contribution >= 0.6 is 0 Å². The Morgan fingerprint density at radius 3 is 2.48 bits per heavy atom. The standard InChI is InChI=1S/C21H29N5O3/c1-14(24)9-18(27)10-20(28)26-8-2-3-19(26)21(29)25-13-15-4-6-16(7-5-15)17(11-22)12-23/h4-7,11-12,17-19,22-24,27H,2-3,8-10,13H2,1H3,(H,25,29). The van der Waals surface area contributed by atoms with Crippen LogP contribution in [0.15, 0.2) is 24.3 Å². The number of nitrogens with one attached hydrogen (secondary N) is 4. The van der Waals surface area contributed by atoms with E-state index in [1.807, 2.05) is 24.3 Å². The SMILES string of the molecule is CC(=N)CC(O)CC(=O)N1CCCC1C(=O)NCc1ccc(C(C=N)C=N)cc1. The van der Waals surface area contributed by atoms with Gasteiger partial charge in [-0.15, -0.1) is 0 Å². The van der Waals surface area contributed by atoms with Crippen LogP contribution < -0.4 is 5.32 Å². The maximum Gasteiger partial charge on any atom is 0.243 e. The molecular formula is C21H29N5O3. The Morgan fingerprint density at radius 2 is 1.90 bits per heavy atom. The van der Waals surface area contributed by atoms with Gasteiger partial charge in [0.1, 0.15) is 6.04 Å². The van der Waals surface area contributed by atoms with Gasteiger partial charge in [0, 0.05) is 37.7 Å². The second-order valence-electron chi connectivity index (χ2n) is 7.41. The van der Waals surface area contributed by atoms with Crippen LogP contribution in [0.5, 0.6) is 0 Å². The minimum Gasteiger partial charge on any atom is -0.392 e. The predicted octanol–water partition coefficient (Wildman–Crippen LogP) is 1.86. The first-order chi connectivity index (χ1) is 13.8. The number of carbonyl (C=O) groups excluding carboxylic acids is 2. The van der Waals surface area contributed by atoms with Crippen molar-refractivity contribution in [2.24, 2.45) is 0 Å². The second kappa shape index (κ2) is 10.6.